The summed E-state index contributed by atoms with van der Waals surface area (Å²) in [7, 11) is 0. The highest BCUT2D eigenvalue weighted by Crippen LogP contribution is 2.58. The van der Waals surface area contributed by atoms with Gasteiger partial charge in [-0.15, -0.1) is 0 Å². The Morgan fingerprint density at radius 1 is 0.933 bits per heavy atom. The fourth-order valence-electron chi connectivity index (χ4n) is 4.68. The topological polar surface area (TPSA) is 17.1 Å². The minimum absolute atomic E-state index is 0.0608. The van der Waals surface area contributed by atoms with Gasteiger partial charge in [-0.1, -0.05) is 27.7 Å². The van der Waals surface area contributed by atoms with Gasteiger partial charge in [0.1, 0.15) is 5.78 Å². The van der Waals surface area contributed by atoms with Crippen molar-refractivity contribution in [2.75, 3.05) is 0 Å². The average Bonchev–Trinajstić information content (AvgIpc) is 2.25. The summed E-state index contributed by atoms with van der Waals surface area (Å²) >= 11 is 0. The van der Waals surface area contributed by atoms with Crippen molar-refractivity contribution in [3.63, 3.8) is 0 Å². The first kappa shape index (κ1) is 11.2. The Bertz CT molecular complexity index is 270. The van der Waals surface area contributed by atoms with Crippen LogP contribution >= 0.6 is 0 Å². The third kappa shape index (κ3) is 1.98. The van der Waals surface area contributed by atoms with Crippen LogP contribution in [0.15, 0.2) is 0 Å². The highest BCUT2D eigenvalue weighted by molar-refractivity contribution is 5.87. The number of hydrogen-bond acceptors (Lipinski definition) is 1. The number of carbonyl (C=O) groups excluding carboxylic acids is 1. The summed E-state index contributed by atoms with van der Waals surface area (Å²) in [5.41, 5.74) is 0.759. The highest BCUT2D eigenvalue weighted by Gasteiger charge is 2.52. The molecular formula is C14H24O. The summed E-state index contributed by atoms with van der Waals surface area (Å²) in [5, 5.41) is 0. The zero-order valence-electron chi connectivity index (χ0n) is 10.7. The zero-order chi connectivity index (χ0) is 11.3. The molecule has 0 atom stereocenters. The van der Waals surface area contributed by atoms with Crippen molar-refractivity contribution in [1.29, 1.82) is 0 Å². The van der Waals surface area contributed by atoms with Gasteiger partial charge in [-0.05, 0) is 42.9 Å². The fourth-order valence-corrected chi connectivity index (χ4v) is 4.68. The quantitative estimate of drug-likeness (QED) is 0.589. The summed E-state index contributed by atoms with van der Waals surface area (Å²) in [5.74, 6) is 0.559. The maximum atomic E-state index is 12.1. The van der Waals surface area contributed by atoms with E-state index in [1.807, 2.05) is 0 Å². The van der Waals surface area contributed by atoms with E-state index in [0.29, 0.717) is 16.6 Å². The largest absolute Gasteiger partial charge is 0.299 e. The molecular weight excluding hydrogens is 184 g/mol. The van der Waals surface area contributed by atoms with Gasteiger partial charge in [-0.2, -0.15) is 0 Å². The van der Waals surface area contributed by atoms with Crippen LogP contribution < -0.4 is 0 Å². The van der Waals surface area contributed by atoms with E-state index in [2.05, 4.69) is 27.7 Å². The minimum atomic E-state index is 0.0608. The molecule has 2 fully saturated rings. The third-order valence-electron chi connectivity index (χ3n) is 4.24. The van der Waals surface area contributed by atoms with Crippen molar-refractivity contribution in [2.24, 2.45) is 16.2 Å². The van der Waals surface area contributed by atoms with Crippen LogP contribution in [0, 0.1) is 16.2 Å². The van der Waals surface area contributed by atoms with E-state index in [0.717, 1.165) is 32.1 Å². The average molecular weight is 208 g/mol. The SMILES string of the molecule is CC1(C)CC(C)(C)CC2(CCCC2=O)C1. The van der Waals surface area contributed by atoms with E-state index in [9.17, 15) is 4.79 Å². The zero-order valence-corrected chi connectivity index (χ0v) is 10.7. The van der Waals surface area contributed by atoms with E-state index in [4.69, 9.17) is 0 Å². The maximum absolute atomic E-state index is 12.1. The minimum Gasteiger partial charge on any atom is -0.299 e. The number of Topliss-reactive ketones (excluding diaryl/α,β-unsaturated/α-hetero) is 1. The van der Waals surface area contributed by atoms with Crippen LogP contribution in [0.4, 0.5) is 0 Å². The van der Waals surface area contributed by atoms with E-state index in [-0.39, 0.29) is 5.41 Å². The van der Waals surface area contributed by atoms with E-state index >= 15 is 0 Å². The Balaban J connectivity index is 2.30. The highest BCUT2D eigenvalue weighted by atomic mass is 16.1. The number of rotatable bonds is 0. The van der Waals surface area contributed by atoms with Gasteiger partial charge in [0.2, 0.25) is 0 Å². The van der Waals surface area contributed by atoms with E-state index in [1.165, 1.54) is 6.42 Å². The lowest BCUT2D eigenvalue weighted by molar-refractivity contribution is -0.133. The molecule has 1 heteroatoms. The second-order valence-corrected chi connectivity index (χ2v) is 7.42. The molecule has 0 unspecified atom stereocenters. The summed E-state index contributed by atoms with van der Waals surface area (Å²) in [6.45, 7) is 9.34. The predicted molar refractivity (Wildman–Crippen MR) is 62.7 cm³/mol. The molecule has 0 amide bonds. The first-order valence-electron chi connectivity index (χ1n) is 6.28. The van der Waals surface area contributed by atoms with Crippen molar-refractivity contribution in [2.45, 2.75) is 66.2 Å². The number of carbonyl (C=O) groups is 1. The van der Waals surface area contributed by atoms with Crippen molar-refractivity contribution in [1.82, 2.24) is 0 Å². The van der Waals surface area contributed by atoms with Crippen molar-refractivity contribution < 1.29 is 4.79 Å². The first-order chi connectivity index (χ1) is 6.75. The second-order valence-electron chi connectivity index (χ2n) is 7.42. The van der Waals surface area contributed by atoms with Crippen LogP contribution in [0.25, 0.3) is 0 Å². The molecule has 2 aliphatic carbocycles. The van der Waals surface area contributed by atoms with Gasteiger partial charge in [0.25, 0.3) is 0 Å². The Morgan fingerprint density at radius 2 is 1.47 bits per heavy atom. The molecule has 0 aliphatic heterocycles. The molecule has 0 aromatic heterocycles. The van der Waals surface area contributed by atoms with Gasteiger partial charge in [0.15, 0.2) is 0 Å². The van der Waals surface area contributed by atoms with Crippen LogP contribution in [0.5, 0.6) is 0 Å². The molecule has 2 saturated carbocycles. The van der Waals surface area contributed by atoms with Gasteiger partial charge in [-0.3, -0.25) is 4.79 Å². The summed E-state index contributed by atoms with van der Waals surface area (Å²) in [4.78, 5) is 12.1. The number of ketones is 1. The molecule has 0 heterocycles. The summed E-state index contributed by atoms with van der Waals surface area (Å²) in [6.07, 6.45) is 6.63. The molecule has 0 bridgehead atoms. The molecule has 0 aromatic rings. The Kier molecular flexibility index (Phi) is 2.30. The van der Waals surface area contributed by atoms with Crippen LogP contribution in [0.3, 0.4) is 0 Å². The van der Waals surface area contributed by atoms with Crippen LogP contribution in [0.1, 0.15) is 66.2 Å². The van der Waals surface area contributed by atoms with E-state index < -0.39 is 0 Å². The molecule has 2 rings (SSSR count). The Morgan fingerprint density at radius 3 is 1.87 bits per heavy atom. The lowest BCUT2D eigenvalue weighted by Crippen LogP contribution is -2.43. The number of hydrogen-bond donors (Lipinski definition) is 0. The lowest BCUT2D eigenvalue weighted by atomic mass is 9.54. The van der Waals surface area contributed by atoms with E-state index in [1.54, 1.807) is 0 Å². The van der Waals surface area contributed by atoms with Gasteiger partial charge >= 0.3 is 0 Å². The molecule has 86 valence electrons. The predicted octanol–water partition coefficient (Wildman–Crippen LogP) is 3.96. The van der Waals surface area contributed by atoms with Crippen molar-refractivity contribution >= 4 is 5.78 Å². The van der Waals surface area contributed by atoms with Gasteiger partial charge < -0.3 is 0 Å². The van der Waals surface area contributed by atoms with Gasteiger partial charge in [0, 0.05) is 11.8 Å². The molecule has 1 nitrogen and oxygen atoms in total. The summed E-state index contributed by atoms with van der Waals surface area (Å²) < 4.78 is 0. The van der Waals surface area contributed by atoms with Crippen LogP contribution in [-0.2, 0) is 4.79 Å². The molecule has 0 aromatic carbocycles. The summed E-state index contributed by atoms with van der Waals surface area (Å²) in [6, 6.07) is 0. The third-order valence-corrected chi connectivity index (χ3v) is 4.24. The molecule has 0 radical (unpaired) electrons. The Labute approximate surface area is 93.6 Å². The van der Waals surface area contributed by atoms with Gasteiger partial charge in [-0.25, -0.2) is 0 Å². The maximum Gasteiger partial charge on any atom is 0.139 e. The fraction of sp³-hybridized carbons (Fsp3) is 0.929. The first-order valence-corrected chi connectivity index (χ1v) is 6.28. The monoisotopic (exact) mass is 208 g/mol. The van der Waals surface area contributed by atoms with Crippen LogP contribution in [0.2, 0.25) is 0 Å². The normalized spacial score (nSPS) is 32.1. The standard InChI is InChI=1S/C14H24O/c1-12(2)8-13(3,4)10-14(9-12)7-5-6-11(14)15/h5-10H2,1-4H3. The molecule has 0 saturated heterocycles. The smallest absolute Gasteiger partial charge is 0.139 e. The lowest BCUT2D eigenvalue weighted by Gasteiger charge is -2.50. The van der Waals surface area contributed by atoms with Gasteiger partial charge in [0.05, 0.1) is 0 Å². The molecule has 1 spiro atoms. The molecule has 15 heavy (non-hydrogen) atoms. The van der Waals surface area contributed by atoms with Crippen molar-refractivity contribution in [3.05, 3.63) is 0 Å². The molecule has 2 aliphatic rings. The van der Waals surface area contributed by atoms with Crippen LogP contribution in [-0.4, -0.2) is 5.78 Å². The second kappa shape index (κ2) is 3.09. The Hall–Kier alpha value is -0.330. The molecule has 0 N–H and O–H groups in total. The van der Waals surface area contributed by atoms with Crippen molar-refractivity contribution in [3.8, 4) is 0 Å².